The number of nitrogens with zero attached hydrogens (tertiary/aromatic N) is 10. The highest BCUT2D eigenvalue weighted by Gasteiger charge is 2.21. The van der Waals surface area contributed by atoms with Crippen molar-refractivity contribution in [1.82, 2.24) is 49.8 Å². The third kappa shape index (κ3) is 40.9. The van der Waals surface area contributed by atoms with E-state index in [9.17, 15) is 0 Å². The van der Waals surface area contributed by atoms with Crippen LogP contribution in [0.25, 0.3) is 0 Å². The second-order valence-corrected chi connectivity index (χ2v) is 38.5. The molecule has 600 valence electrons. The van der Waals surface area contributed by atoms with Crippen molar-refractivity contribution < 1.29 is 9.47 Å². The average molecular weight is 1520 g/mol. The van der Waals surface area contributed by atoms with E-state index < -0.39 is 0 Å². The molecule has 110 heavy (non-hydrogen) atoms. The zero-order valence-corrected chi connectivity index (χ0v) is 75.9. The van der Waals surface area contributed by atoms with Gasteiger partial charge < -0.3 is 9.47 Å². The largest absolute Gasteiger partial charge is 0.495 e. The molecule has 0 atom stereocenters. The number of ether oxygens (including phenoxy) is 2. The number of aromatic nitrogens is 10. The summed E-state index contributed by atoms with van der Waals surface area (Å²) in [4.78, 5) is 41.1. The van der Waals surface area contributed by atoms with Gasteiger partial charge in [0.25, 0.3) is 0 Å². The summed E-state index contributed by atoms with van der Waals surface area (Å²) in [5.74, 6) is 1.50. The molecule has 0 saturated carbocycles. The zero-order chi connectivity index (χ0) is 84.5. The van der Waals surface area contributed by atoms with E-state index in [-0.39, 0.29) is 54.1 Å². The van der Waals surface area contributed by atoms with Gasteiger partial charge in [-0.2, -0.15) is 0 Å². The van der Waals surface area contributed by atoms with Gasteiger partial charge in [0, 0.05) is 116 Å². The SMILES string of the molecule is CC(C)(C)c1cccnc1.CC(C)(C)c1ccncc1.CC(C)(C)c1cncc(Cl)c1.COc1cc(C(C)(C)C)ccn1.COc1cncc(C(C)(C)C)c1.Cc1cc(C(C)(C)C)ccn1.Cc1ccc(C(C)(C)C)cn1.Cc1ccncc1C(C)(C)C.Cc1cncc(C(C)(C)C)c1.Cc1ncccc1C(C)(C)C. The summed E-state index contributed by atoms with van der Waals surface area (Å²) in [6, 6.07) is 32.9. The first-order chi connectivity index (χ1) is 50.3. The molecule has 0 unspecified atom stereocenters. The molecule has 10 aromatic rings. The first kappa shape index (κ1) is 99.4. The number of aryl methyl sites for hydroxylation is 5. The predicted molar refractivity (Wildman–Crippen MR) is 471 cm³/mol. The van der Waals surface area contributed by atoms with Crippen LogP contribution in [0.4, 0.5) is 0 Å². The van der Waals surface area contributed by atoms with Crippen LogP contribution < -0.4 is 9.47 Å². The molecule has 0 amide bonds. The first-order valence-electron chi connectivity index (χ1n) is 38.4. The highest BCUT2D eigenvalue weighted by Crippen LogP contribution is 2.30. The van der Waals surface area contributed by atoms with Gasteiger partial charge in [0.15, 0.2) is 0 Å². The minimum absolute atomic E-state index is 0.137. The zero-order valence-electron chi connectivity index (χ0n) is 75.1. The number of halogens is 1. The molecule has 0 radical (unpaired) electrons. The van der Waals surface area contributed by atoms with Crippen molar-refractivity contribution >= 4 is 11.6 Å². The minimum Gasteiger partial charge on any atom is -0.495 e. The third-order valence-electron chi connectivity index (χ3n) is 17.2. The Labute approximate surface area is 674 Å². The fraction of sp³-hybridized carbons (Fsp3) is 0.485. The van der Waals surface area contributed by atoms with Crippen LogP contribution in [0.2, 0.25) is 5.02 Å². The Bertz CT molecular complexity index is 3910. The molecule has 0 aliphatic heterocycles. The lowest BCUT2D eigenvalue weighted by molar-refractivity contribution is 0.395. The second kappa shape index (κ2) is 44.4. The van der Waals surface area contributed by atoms with Crippen LogP contribution in [0.15, 0.2) is 196 Å². The molecule has 13 heteroatoms. The number of rotatable bonds is 2. The summed E-state index contributed by atoms with van der Waals surface area (Å²) >= 11 is 5.79. The van der Waals surface area contributed by atoms with Gasteiger partial charge in [-0.3, -0.25) is 44.9 Å². The van der Waals surface area contributed by atoms with E-state index in [0.29, 0.717) is 10.9 Å². The van der Waals surface area contributed by atoms with Gasteiger partial charge in [-0.1, -0.05) is 244 Å². The van der Waals surface area contributed by atoms with Gasteiger partial charge >= 0.3 is 0 Å². The molecule has 0 aliphatic carbocycles. The number of hydrogen-bond donors (Lipinski definition) is 0. The number of hydrogen-bond acceptors (Lipinski definition) is 12. The van der Waals surface area contributed by atoms with E-state index in [2.05, 4.69) is 339 Å². The van der Waals surface area contributed by atoms with Crippen LogP contribution in [0.5, 0.6) is 11.6 Å². The topological polar surface area (TPSA) is 147 Å². The van der Waals surface area contributed by atoms with Crippen LogP contribution in [0, 0.1) is 34.6 Å². The summed E-state index contributed by atoms with van der Waals surface area (Å²) in [6.45, 7) is 75.9. The maximum Gasteiger partial charge on any atom is 0.213 e. The van der Waals surface area contributed by atoms with Crippen molar-refractivity contribution in [2.75, 3.05) is 14.2 Å². The van der Waals surface area contributed by atoms with Gasteiger partial charge in [-0.25, -0.2) is 4.98 Å². The normalized spacial score (nSPS) is 11.5. The predicted octanol–water partition coefficient (Wildman–Crippen LogP) is 26.0. The van der Waals surface area contributed by atoms with Gasteiger partial charge in [0.2, 0.25) is 5.88 Å². The Morgan fingerprint density at radius 1 is 0.264 bits per heavy atom. The smallest absolute Gasteiger partial charge is 0.213 e. The van der Waals surface area contributed by atoms with E-state index in [1.54, 1.807) is 39.0 Å². The van der Waals surface area contributed by atoms with Crippen molar-refractivity contribution in [2.24, 2.45) is 0 Å². The van der Waals surface area contributed by atoms with E-state index in [1.807, 2.05) is 125 Å². The molecule has 0 aliphatic rings. The molecule has 0 spiro atoms. The maximum atomic E-state index is 5.79. The van der Waals surface area contributed by atoms with Crippen LogP contribution in [0.3, 0.4) is 0 Å². The first-order valence-corrected chi connectivity index (χ1v) is 38.7. The molecule has 0 aromatic carbocycles. The highest BCUT2D eigenvalue weighted by atomic mass is 35.5. The van der Waals surface area contributed by atoms with Crippen LogP contribution in [-0.2, 0) is 54.1 Å². The highest BCUT2D eigenvalue weighted by molar-refractivity contribution is 6.30. The van der Waals surface area contributed by atoms with E-state index in [1.165, 1.54) is 66.8 Å². The molecule has 0 N–H and O–H groups in total. The molecule has 10 aromatic heterocycles. The van der Waals surface area contributed by atoms with E-state index in [0.717, 1.165) is 22.8 Å². The van der Waals surface area contributed by atoms with Crippen LogP contribution >= 0.6 is 11.6 Å². The summed E-state index contributed by atoms with van der Waals surface area (Å²) in [5, 5.41) is 0.706. The van der Waals surface area contributed by atoms with Crippen molar-refractivity contribution in [3.05, 3.63) is 285 Å². The van der Waals surface area contributed by atoms with Gasteiger partial charge in [0.1, 0.15) is 5.75 Å². The molecule has 10 rings (SSSR count). The number of methoxy groups -OCH3 is 2. The van der Waals surface area contributed by atoms with Crippen molar-refractivity contribution in [3.63, 3.8) is 0 Å². The van der Waals surface area contributed by atoms with Crippen molar-refractivity contribution in [3.8, 4) is 11.6 Å². The van der Waals surface area contributed by atoms with E-state index >= 15 is 0 Å². The van der Waals surface area contributed by atoms with Crippen LogP contribution in [0.1, 0.15) is 292 Å². The molecular formula is C97H143ClN10O2. The number of pyridine rings is 10. The van der Waals surface area contributed by atoms with Crippen molar-refractivity contribution in [1.29, 1.82) is 0 Å². The Balaban J connectivity index is 0.000000611. The molecule has 0 fully saturated rings. The lowest BCUT2D eigenvalue weighted by Gasteiger charge is -2.20. The Hall–Kier alpha value is -8.61. The molecule has 12 nitrogen and oxygen atoms in total. The standard InChI is InChI=1S/2C10H15NO.5C10H15N.C9H12ClN.2C9H13N/c1-10(2,3)8-5-9(12-4)7-11-6-8;1-10(2,3)8-5-6-11-9(7-8)12-4;1-8-5-9(7-11-6-8)10(2,3)4;1-8-7-9(5-6-11-8)10(2,3)4;1-8-5-6-11-7-9(8)10(2,3)4;1-8-5-6-9(7-11-8)10(2,3)4;1-8-9(10(2,3)4)6-5-7-11-8;1-9(2,3)7-4-8(10)6-11-5-7;1-9(2,3)8-4-6-10-7-5-8;1-9(2,3)8-5-4-6-10-7-8/h2*5-7H,1-4H3;5*5-7H,1-4H3;4-6H,1-3H3;2*4-7H,1-3H3. The quantitative estimate of drug-likeness (QED) is 0.162. The monoisotopic (exact) mass is 1520 g/mol. The molecule has 10 heterocycles. The Kier molecular flexibility index (Phi) is 40.2. The van der Waals surface area contributed by atoms with Crippen molar-refractivity contribution in [2.45, 2.75) is 296 Å². The second-order valence-electron chi connectivity index (χ2n) is 38.0. The fourth-order valence-electron chi connectivity index (χ4n) is 9.82. The molecule has 0 bridgehead atoms. The lowest BCUT2D eigenvalue weighted by Crippen LogP contribution is -2.13. The summed E-state index contributed by atoms with van der Waals surface area (Å²) in [5.41, 5.74) is 20.8. The summed E-state index contributed by atoms with van der Waals surface area (Å²) in [6.07, 6.45) is 29.5. The average Bonchev–Trinajstić information content (AvgIpc) is 0.869. The molecule has 0 saturated heterocycles. The van der Waals surface area contributed by atoms with Gasteiger partial charge in [0.05, 0.1) is 25.4 Å². The fourth-order valence-corrected chi connectivity index (χ4v) is 10.00. The summed E-state index contributed by atoms with van der Waals surface area (Å²) in [7, 11) is 3.29. The van der Waals surface area contributed by atoms with E-state index in [4.69, 9.17) is 21.1 Å². The minimum atomic E-state index is 0.137. The molecular weight excluding hydrogens is 1370 g/mol. The van der Waals surface area contributed by atoms with Gasteiger partial charge in [-0.05, 0) is 222 Å². The Morgan fingerprint density at radius 2 is 0.691 bits per heavy atom. The Morgan fingerprint density at radius 3 is 1.05 bits per heavy atom. The summed E-state index contributed by atoms with van der Waals surface area (Å²) < 4.78 is 10.1. The third-order valence-corrected chi connectivity index (χ3v) is 17.4. The van der Waals surface area contributed by atoms with Crippen LogP contribution in [-0.4, -0.2) is 64.1 Å². The maximum absolute atomic E-state index is 5.79. The van der Waals surface area contributed by atoms with Gasteiger partial charge in [-0.15, -0.1) is 0 Å². The lowest BCUT2D eigenvalue weighted by atomic mass is 9.86.